The van der Waals surface area contributed by atoms with E-state index in [0.717, 1.165) is 33.2 Å². The lowest BCUT2D eigenvalue weighted by molar-refractivity contribution is 0.0651. The molecule has 0 bridgehead atoms. The molecule has 0 unspecified atom stereocenters. The zero-order chi connectivity index (χ0) is 22.9. The molecule has 9 heteroatoms. The molecule has 1 aliphatic rings. The van der Waals surface area contributed by atoms with Crippen LogP contribution in [0, 0.1) is 0 Å². The number of nitrogens with one attached hydrogen (secondary N) is 1. The van der Waals surface area contributed by atoms with Crippen LogP contribution in [-0.4, -0.2) is 32.1 Å². The summed E-state index contributed by atoms with van der Waals surface area (Å²) in [6.45, 7) is 3.72. The first kappa shape index (κ1) is 21.6. The second kappa shape index (κ2) is 8.97. The molecule has 1 atom stereocenters. The van der Waals surface area contributed by atoms with Gasteiger partial charge < -0.3 is 16.0 Å². The van der Waals surface area contributed by atoms with E-state index in [1.54, 1.807) is 6.20 Å². The molecule has 4 aromatic rings. The van der Waals surface area contributed by atoms with E-state index in [9.17, 15) is 4.79 Å². The molecule has 33 heavy (non-hydrogen) atoms. The summed E-state index contributed by atoms with van der Waals surface area (Å²) in [5.41, 5.74) is 10.8. The number of hydrogen-bond donors (Lipinski definition) is 2. The number of benzene rings is 2. The smallest absolute Gasteiger partial charge is 0.272 e. The van der Waals surface area contributed by atoms with Crippen LogP contribution in [0.25, 0.3) is 11.3 Å². The van der Waals surface area contributed by atoms with Gasteiger partial charge in [0.2, 0.25) is 0 Å². The van der Waals surface area contributed by atoms with Gasteiger partial charge in [0.15, 0.2) is 5.13 Å². The van der Waals surface area contributed by atoms with Gasteiger partial charge in [0, 0.05) is 41.8 Å². The molecule has 3 heterocycles. The highest BCUT2D eigenvalue weighted by Gasteiger charge is 2.31. The number of aromatic nitrogens is 3. The van der Waals surface area contributed by atoms with Crippen LogP contribution in [0.3, 0.4) is 0 Å². The Hall–Kier alpha value is -3.20. The van der Waals surface area contributed by atoms with Gasteiger partial charge >= 0.3 is 0 Å². The van der Waals surface area contributed by atoms with Crippen molar-refractivity contribution in [2.75, 3.05) is 11.9 Å². The van der Waals surface area contributed by atoms with Gasteiger partial charge in [0.25, 0.3) is 5.91 Å². The molecular formula is C24H23ClN6OS. The number of carbonyl (C=O) groups excluding carboxylic acids is 1. The van der Waals surface area contributed by atoms with Crippen LogP contribution in [0.5, 0.6) is 0 Å². The largest absolute Gasteiger partial charge is 0.331 e. The van der Waals surface area contributed by atoms with E-state index < -0.39 is 0 Å². The average molecular weight is 479 g/mol. The van der Waals surface area contributed by atoms with E-state index >= 15 is 0 Å². The maximum absolute atomic E-state index is 13.3. The van der Waals surface area contributed by atoms with Gasteiger partial charge in [-0.05, 0) is 42.3 Å². The van der Waals surface area contributed by atoms with Crippen LogP contribution >= 0.6 is 22.9 Å². The number of hydrogen-bond acceptors (Lipinski definition) is 6. The Balaban J connectivity index is 1.45. The maximum Gasteiger partial charge on any atom is 0.272 e. The van der Waals surface area contributed by atoms with Crippen molar-refractivity contribution in [3.63, 3.8) is 0 Å². The van der Waals surface area contributed by atoms with Crippen LogP contribution in [0.4, 0.5) is 10.8 Å². The quantitative estimate of drug-likeness (QED) is 0.403. The van der Waals surface area contributed by atoms with Gasteiger partial charge in [-0.2, -0.15) is 5.10 Å². The highest BCUT2D eigenvalue weighted by Crippen LogP contribution is 2.35. The standard InChI is InChI=1S/C24H23ClN6OS/c1-15-13-30(14-17-4-2-16(12-26)3-5-17)23(32)22-11-21(29-31(15)22)19-7-6-18(25)10-20(19)28-24-27-8-9-33-24/h2-11,15H,12-14,26H2,1H3,(H,27,28)/t15-/m0/s1. The molecule has 1 aliphatic heterocycles. The summed E-state index contributed by atoms with van der Waals surface area (Å²) in [5.74, 6) is -0.0295. The number of anilines is 2. The summed E-state index contributed by atoms with van der Waals surface area (Å²) in [6, 6.07) is 15.6. The van der Waals surface area contributed by atoms with E-state index in [1.807, 2.05) is 63.5 Å². The van der Waals surface area contributed by atoms with E-state index in [2.05, 4.69) is 17.2 Å². The van der Waals surface area contributed by atoms with Gasteiger partial charge in [0.1, 0.15) is 5.69 Å². The highest BCUT2D eigenvalue weighted by atomic mass is 35.5. The average Bonchev–Trinajstić information content (AvgIpc) is 3.49. The van der Waals surface area contributed by atoms with Crippen LogP contribution in [0.15, 0.2) is 60.1 Å². The Labute approximate surface area is 200 Å². The van der Waals surface area contributed by atoms with E-state index in [1.165, 1.54) is 11.3 Å². The molecule has 3 N–H and O–H groups in total. The molecule has 1 amide bonds. The summed E-state index contributed by atoms with van der Waals surface area (Å²) in [5, 5.41) is 11.4. The first-order valence-electron chi connectivity index (χ1n) is 10.6. The predicted molar refractivity (Wildman–Crippen MR) is 132 cm³/mol. The number of nitrogens with zero attached hydrogens (tertiary/aromatic N) is 4. The lowest BCUT2D eigenvalue weighted by Gasteiger charge is -2.31. The third-order valence-corrected chi connectivity index (χ3v) is 6.63. The van der Waals surface area contributed by atoms with Crippen molar-refractivity contribution in [2.24, 2.45) is 5.73 Å². The van der Waals surface area contributed by atoms with Crippen molar-refractivity contribution in [3.8, 4) is 11.3 Å². The minimum absolute atomic E-state index is 0.0295. The fourth-order valence-corrected chi connectivity index (χ4v) is 4.76. The number of rotatable bonds is 6. The first-order valence-corrected chi connectivity index (χ1v) is 11.9. The van der Waals surface area contributed by atoms with E-state index in [0.29, 0.717) is 30.4 Å². The van der Waals surface area contributed by atoms with Crippen molar-refractivity contribution >= 4 is 39.7 Å². The second-order valence-electron chi connectivity index (χ2n) is 8.07. The van der Waals surface area contributed by atoms with Crippen LogP contribution in [0.2, 0.25) is 5.02 Å². The molecule has 7 nitrogen and oxygen atoms in total. The Bertz CT molecular complexity index is 1290. The highest BCUT2D eigenvalue weighted by molar-refractivity contribution is 7.13. The monoisotopic (exact) mass is 478 g/mol. The summed E-state index contributed by atoms with van der Waals surface area (Å²) in [4.78, 5) is 19.5. The summed E-state index contributed by atoms with van der Waals surface area (Å²) in [6.07, 6.45) is 1.74. The van der Waals surface area contributed by atoms with Crippen molar-refractivity contribution in [3.05, 3.63) is 82.0 Å². The molecule has 0 radical (unpaired) electrons. The molecule has 0 spiro atoms. The van der Waals surface area contributed by atoms with Crippen LogP contribution in [-0.2, 0) is 13.1 Å². The Kier molecular flexibility index (Phi) is 5.88. The minimum Gasteiger partial charge on any atom is -0.331 e. The predicted octanol–water partition coefficient (Wildman–Crippen LogP) is 5.08. The lowest BCUT2D eigenvalue weighted by atomic mass is 10.1. The zero-order valence-electron chi connectivity index (χ0n) is 18.0. The number of thiazole rings is 1. The Morgan fingerprint density at radius 3 is 2.70 bits per heavy atom. The molecule has 0 aliphatic carbocycles. The Morgan fingerprint density at radius 2 is 1.97 bits per heavy atom. The molecule has 5 rings (SSSR count). The molecule has 0 fully saturated rings. The number of fused-ring (bicyclic) bond motifs is 1. The van der Waals surface area contributed by atoms with Gasteiger partial charge in [-0.1, -0.05) is 35.9 Å². The fourth-order valence-electron chi connectivity index (χ4n) is 4.04. The fraction of sp³-hybridized carbons (Fsp3) is 0.208. The number of amides is 1. The zero-order valence-corrected chi connectivity index (χ0v) is 19.6. The van der Waals surface area contributed by atoms with Crippen molar-refractivity contribution in [2.45, 2.75) is 26.1 Å². The number of carbonyl (C=O) groups is 1. The summed E-state index contributed by atoms with van der Waals surface area (Å²) >= 11 is 7.76. The molecule has 0 saturated carbocycles. The minimum atomic E-state index is -0.0295. The number of halogens is 1. The third kappa shape index (κ3) is 4.37. The number of nitrogens with two attached hydrogens (primary N) is 1. The van der Waals surface area contributed by atoms with Crippen molar-refractivity contribution < 1.29 is 4.79 Å². The first-order chi connectivity index (χ1) is 16.0. The summed E-state index contributed by atoms with van der Waals surface area (Å²) < 4.78 is 1.83. The second-order valence-corrected chi connectivity index (χ2v) is 9.40. The molecule has 0 saturated heterocycles. The third-order valence-electron chi connectivity index (χ3n) is 5.71. The van der Waals surface area contributed by atoms with E-state index in [4.69, 9.17) is 22.4 Å². The van der Waals surface area contributed by atoms with Gasteiger partial charge in [-0.25, -0.2) is 4.98 Å². The van der Waals surface area contributed by atoms with Crippen LogP contribution in [0.1, 0.15) is 34.6 Å². The van der Waals surface area contributed by atoms with Crippen LogP contribution < -0.4 is 11.1 Å². The van der Waals surface area contributed by atoms with Crippen molar-refractivity contribution in [1.82, 2.24) is 19.7 Å². The topological polar surface area (TPSA) is 89.1 Å². The molecular weight excluding hydrogens is 456 g/mol. The molecule has 2 aromatic heterocycles. The van der Waals surface area contributed by atoms with Gasteiger partial charge in [0.05, 0.1) is 17.4 Å². The van der Waals surface area contributed by atoms with Gasteiger partial charge in [-0.15, -0.1) is 11.3 Å². The van der Waals surface area contributed by atoms with Gasteiger partial charge in [-0.3, -0.25) is 9.48 Å². The molecule has 2 aromatic carbocycles. The van der Waals surface area contributed by atoms with E-state index in [-0.39, 0.29) is 11.9 Å². The lowest BCUT2D eigenvalue weighted by Crippen LogP contribution is -2.41. The molecule has 168 valence electrons. The SMILES string of the molecule is C[C@H]1CN(Cc2ccc(CN)cc2)C(=O)c2cc(-c3ccc(Cl)cc3Nc3nccs3)nn21. The Morgan fingerprint density at radius 1 is 1.18 bits per heavy atom. The maximum atomic E-state index is 13.3. The normalized spacial score (nSPS) is 15.5. The summed E-state index contributed by atoms with van der Waals surface area (Å²) in [7, 11) is 0. The van der Waals surface area contributed by atoms with Crippen molar-refractivity contribution in [1.29, 1.82) is 0 Å².